The zero-order chi connectivity index (χ0) is 11.7. The van der Waals surface area contributed by atoms with Crippen LogP contribution in [0.1, 0.15) is 30.7 Å². The third-order valence-electron chi connectivity index (χ3n) is 2.75. The van der Waals surface area contributed by atoms with Gasteiger partial charge in [0.15, 0.2) is 6.23 Å². The maximum Gasteiger partial charge on any atom is 0.324 e. The lowest BCUT2D eigenvalue weighted by atomic mass is 10.1. The number of aliphatic hydroxyl groups is 1. The van der Waals surface area contributed by atoms with E-state index < -0.39 is 6.23 Å². The van der Waals surface area contributed by atoms with Gasteiger partial charge in [-0.25, -0.2) is 4.79 Å². The Morgan fingerprint density at radius 1 is 1.50 bits per heavy atom. The molecule has 0 saturated heterocycles. The number of aryl methyl sites for hydroxylation is 1. The molecule has 1 unspecified atom stereocenters. The quantitative estimate of drug-likeness (QED) is 0.803. The fraction of sp³-hybridized carbons (Fsp3) is 0.417. The van der Waals surface area contributed by atoms with Crippen LogP contribution in [0.4, 0.5) is 10.5 Å². The van der Waals surface area contributed by atoms with Gasteiger partial charge in [-0.1, -0.05) is 18.6 Å². The molecule has 1 aromatic carbocycles. The minimum absolute atomic E-state index is 0.231. The van der Waals surface area contributed by atoms with Gasteiger partial charge in [0, 0.05) is 12.1 Å². The molecule has 0 radical (unpaired) electrons. The molecule has 2 amide bonds. The lowest BCUT2D eigenvalue weighted by Crippen LogP contribution is -2.42. The van der Waals surface area contributed by atoms with Crippen LogP contribution in [0, 0.1) is 6.92 Å². The number of rotatable bonds is 2. The molecule has 2 N–H and O–H groups in total. The van der Waals surface area contributed by atoms with Crippen LogP contribution in [-0.4, -0.2) is 22.6 Å². The second kappa shape index (κ2) is 4.14. The summed E-state index contributed by atoms with van der Waals surface area (Å²) in [6.07, 6.45) is -0.00497. The van der Waals surface area contributed by atoms with Crippen molar-refractivity contribution >= 4 is 11.7 Å². The van der Waals surface area contributed by atoms with Gasteiger partial charge in [-0.15, -0.1) is 0 Å². The number of carbonyl (C=O) groups excluding carboxylic acids is 1. The molecule has 1 aromatic rings. The molecule has 16 heavy (non-hydrogen) atoms. The molecule has 0 spiro atoms. The summed E-state index contributed by atoms with van der Waals surface area (Å²) in [5.74, 6) is 0. The summed E-state index contributed by atoms with van der Waals surface area (Å²) < 4.78 is 0. The Morgan fingerprint density at radius 3 is 2.94 bits per heavy atom. The molecule has 0 saturated carbocycles. The summed E-state index contributed by atoms with van der Waals surface area (Å²) in [4.78, 5) is 13.1. The van der Waals surface area contributed by atoms with E-state index in [2.05, 4.69) is 5.32 Å². The van der Waals surface area contributed by atoms with Crippen LogP contribution in [0.25, 0.3) is 0 Å². The van der Waals surface area contributed by atoms with E-state index in [1.807, 2.05) is 32.0 Å². The summed E-state index contributed by atoms with van der Waals surface area (Å²) in [6.45, 7) is 4.50. The molecule has 4 heteroatoms. The third-order valence-corrected chi connectivity index (χ3v) is 2.75. The highest BCUT2D eigenvalue weighted by atomic mass is 16.3. The highest BCUT2D eigenvalue weighted by molar-refractivity contribution is 5.92. The molecule has 1 aliphatic rings. The van der Waals surface area contributed by atoms with Gasteiger partial charge >= 0.3 is 6.03 Å². The van der Waals surface area contributed by atoms with Crippen LogP contribution < -0.4 is 5.32 Å². The average molecular weight is 220 g/mol. The average Bonchev–Trinajstić information content (AvgIpc) is 2.26. The van der Waals surface area contributed by atoms with Crippen molar-refractivity contribution in [2.45, 2.75) is 26.5 Å². The van der Waals surface area contributed by atoms with E-state index in [1.165, 1.54) is 4.90 Å². The van der Waals surface area contributed by atoms with E-state index >= 15 is 0 Å². The highest BCUT2D eigenvalue weighted by Crippen LogP contribution is 2.31. The normalized spacial score (nSPS) is 19.3. The Morgan fingerprint density at radius 2 is 2.25 bits per heavy atom. The fourth-order valence-electron chi connectivity index (χ4n) is 1.94. The molecular formula is C12H16N2O2. The zero-order valence-electron chi connectivity index (χ0n) is 9.53. The van der Waals surface area contributed by atoms with E-state index in [9.17, 15) is 9.90 Å². The van der Waals surface area contributed by atoms with E-state index in [-0.39, 0.29) is 6.03 Å². The SMILES string of the molecule is CCCN1C(=O)Nc2ccc(C)cc2C1O. The monoisotopic (exact) mass is 220 g/mol. The number of hydrogen-bond donors (Lipinski definition) is 2. The van der Waals surface area contributed by atoms with E-state index in [0.29, 0.717) is 12.2 Å². The first-order chi connectivity index (χ1) is 7.63. The fourth-order valence-corrected chi connectivity index (χ4v) is 1.94. The molecule has 0 aromatic heterocycles. The highest BCUT2D eigenvalue weighted by Gasteiger charge is 2.29. The van der Waals surface area contributed by atoms with E-state index in [1.54, 1.807) is 0 Å². The maximum atomic E-state index is 11.7. The van der Waals surface area contributed by atoms with Gasteiger partial charge in [-0.2, -0.15) is 0 Å². The van der Waals surface area contributed by atoms with Gasteiger partial charge < -0.3 is 10.4 Å². The Kier molecular flexibility index (Phi) is 2.83. The van der Waals surface area contributed by atoms with Crippen molar-refractivity contribution in [1.29, 1.82) is 0 Å². The molecule has 1 atom stereocenters. The number of nitrogens with one attached hydrogen (secondary N) is 1. The molecule has 86 valence electrons. The number of fused-ring (bicyclic) bond motifs is 1. The van der Waals surface area contributed by atoms with Gasteiger partial charge in [-0.3, -0.25) is 4.90 Å². The number of aliphatic hydroxyl groups excluding tert-OH is 1. The van der Waals surface area contributed by atoms with Gasteiger partial charge in [0.05, 0.1) is 5.69 Å². The predicted molar refractivity (Wildman–Crippen MR) is 62.2 cm³/mol. The molecule has 0 fully saturated rings. The smallest absolute Gasteiger partial charge is 0.324 e. The molecule has 1 heterocycles. The van der Waals surface area contributed by atoms with Crippen molar-refractivity contribution in [2.24, 2.45) is 0 Å². The molecular weight excluding hydrogens is 204 g/mol. The van der Waals surface area contributed by atoms with E-state index in [4.69, 9.17) is 0 Å². The van der Waals surface area contributed by atoms with Crippen molar-refractivity contribution in [1.82, 2.24) is 4.90 Å². The number of carbonyl (C=O) groups is 1. The number of hydrogen-bond acceptors (Lipinski definition) is 2. The maximum absolute atomic E-state index is 11.7. The van der Waals surface area contributed by atoms with Crippen molar-refractivity contribution < 1.29 is 9.90 Å². The van der Waals surface area contributed by atoms with Gasteiger partial charge in [0.2, 0.25) is 0 Å². The number of anilines is 1. The number of nitrogens with zero attached hydrogens (tertiary/aromatic N) is 1. The van der Waals surface area contributed by atoms with Crippen LogP contribution in [0.15, 0.2) is 18.2 Å². The Balaban J connectivity index is 2.38. The largest absolute Gasteiger partial charge is 0.369 e. The summed E-state index contributed by atoms with van der Waals surface area (Å²) in [7, 11) is 0. The Labute approximate surface area is 94.9 Å². The number of urea groups is 1. The van der Waals surface area contributed by atoms with Gasteiger partial charge in [0.1, 0.15) is 0 Å². The van der Waals surface area contributed by atoms with Crippen molar-refractivity contribution in [3.8, 4) is 0 Å². The van der Waals surface area contributed by atoms with Crippen LogP contribution in [-0.2, 0) is 0 Å². The minimum atomic E-state index is -0.830. The molecule has 4 nitrogen and oxygen atoms in total. The first-order valence-corrected chi connectivity index (χ1v) is 5.49. The van der Waals surface area contributed by atoms with Crippen LogP contribution in [0.2, 0.25) is 0 Å². The topological polar surface area (TPSA) is 52.6 Å². The summed E-state index contributed by atoms with van der Waals surface area (Å²) in [5.41, 5.74) is 2.55. The first-order valence-electron chi connectivity index (χ1n) is 5.49. The van der Waals surface area contributed by atoms with Gasteiger partial charge in [-0.05, 0) is 25.5 Å². The second-order valence-electron chi connectivity index (χ2n) is 4.09. The van der Waals surface area contributed by atoms with Crippen molar-refractivity contribution in [3.63, 3.8) is 0 Å². The van der Waals surface area contributed by atoms with Gasteiger partial charge in [0.25, 0.3) is 0 Å². The van der Waals surface area contributed by atoms with Crippen LogP contribution in [0.3, 0.4) is 0 Å². The predicted octanol–water partition coefficient (Wildman–Crippen LogP) is 2.24. The van der Waals surface area contributed by atoms with Crippen molar-refractivity contribution in [3.05, 3.63) is 29.3 Å². The molecule has 0 bridgehead atoms. The summed E-state index contributed by atoms with van der Waals surface area (Å²) in [5, 5.41) is 12.9. The second-order valence-corrected chi connectivity index (χ2v) is 4.09. The molecule has 0 aliphatic carbocycles. The molecule has 2 rings (SSSR count). The van der Waals surface area contributed by atoms with Crippen LogP contribution in [0.5, 0.6) is 0 Å². The lowest BCUT2D eigenvalue weighted by Gasteiger charge is -2.34. The lowest BCUT2D eigenvalue weighted by molar-refractivity contribution is 0.0311. The summed E-state index contributed by atoms with van der Waals surface area (Å²) in [6, 6.07) is 5.42. The standard InChI is InChI=1S/C12H16N2O2/c1-3-6-14-11(15)9-7-8(2)4-5-10(9)13-12(14)16/h4-5,7,11,15H,3,6H2,1-2H3,(H,13,16). The minimum Gasteiger partial charge on any atom is -0.369 e. The Bertz CT molecular complexity index is 417. The van der Waals surface area contributed by atoms with E-state index in [0.717, 1.165) is 17.5 Å². The molecule has 1 aliphatic heterocycles. The first kappa shape index (κ1) is 11.0. The van der Waals surface area contributed by atoms with Crippen molar-refractivity contribution in [2.75, 3.05) is 11.9 Å². The number of amides is 2. The summed E-state index contributed by atoms with van der Waals surface area (Å²) >= 11 is 0. The Hall–Kier alpha value is -1.55. The number of benzene rings is 1. The van der Waals surface area contributed by atoms with Crippen LogP contribution >= 0.6 is 0 Å². The third kappa shape index (κ3) is 1.76. The zero-order valence-corrected chi connectivity index (χ0v) is 9.53.